The first-order chi connectivity index (χ1) is 10.4. The Hall–Kier alpha value is -1.10. The van der Waals surface area contributed by atoms with Gasteiger partial charge < -0.3 is 14.4 Å². The van der Waals surface area contributed by atoms with Gasteiger partial charge in [-0.15, -0.1) is 0 Å². The Morgan fingerprint density at radius 1 is 1.00 bits per heavy atom. The number of carbonyl (C=O) groups is 1. The van der Waals surface area contributed by atoms with Crippen LogP contribution in [-0.4, -0.2) is 11.4 Å². The van der Waals surface area contributed by atoms with Gasteiger partial charge in [-0.05, 0) is 59.5 Å². The molecule has 7 heteroatoms. The Kier molecular flexibility index (Phi) is 8.82. The first-order valence-corrected chi connectivity index (χ1v) is 8.82. The van der Waals surface area contributed by atoms with Crippen LogP contribution in [0.4, 0.5) is 8.78 Å². The van der Waals surface area contributed by atoms with Crippen LogP contribution in [0, 0.1) is 0 Å². The Morgan fingerprint density at radius 2 is 1.48 bits per heavy atom. The maximum absolute atomic E-state index is 13.0. The fourth-order valence-electron chi connectivity index (χ4n) is 1.75. The molecular weight excluding hydrogens is 325 g/mol. The molecule has 0 heterocycles. The topological polar surface area (TPSA) is 80.3 Å². The van der Waals surface area contributed by atoms with Crippen LogP contribution in [0.3, 0.4) is 0 Å². The minimum atomic E-state index is -6.29. The molecule has 0 amide bonds. The summed E-state index contributed by atoms with van der Waals surface area (Å²) in [5.41, 5.74) is -2.19. The van der Waals surface area contributed by atoms with Crippen molar-refractivity contribution in [3.8, 4) is 0 Å². The van der Waals surface area contributed by atoms with Gasteiger partial charge in [-0.1, -0.05) is 28.9 Å². The van der Waals surface area contributed by atoms with Crippen LogP contribution in [0.15, 0.2) is 34.9 Å². The zero-order valence-electron chi connectivity index (χ0n) is 13.9. The summed E-state index contributed by atoms with van der Waals surface area (Å²) in [6.07, 6.45) is 7.30. The van der Waals surface area contributed by atoms with Crippen molar-refractivity contribution in [3.63, 3.8) is 0 Å². The second-order valence-corrected chi connectivity index (χ2v) is 7.36. The van der Waals surface area contributed by atoms with E-state index in [2.05, 4.69) is 6.08 Å². The van der Waals surface area contributed by atoms with Crippen molar-refractivity contribution in [2.24, 2.45) is 0 Å². The van der Waals surface area contributed by atoms with E-state index >= 15 is 0 Å². The molecule has 132 valence electrons. The summed E-state index contributed by atoms with van der Waals surface area (Å²) in [6, 6.07) is 0. The molecule has 0 aliphatic rings. The number of carbonyl (C=O) groups excluding carboxylic acids is 1. The van der Waals surface area contributed by atoms with Crippen molar-refractivity contribution >= 4 is 13.4 Å². The lowest BCUT2D eigenvalue weighted by molar-refractivity contribution is -0.330. The molecule has 23 heavy (non-hydrogen) atoms. The van der Waals surface area contributed by atoms with E-state index in [4.69, 9.17) is 0 Å². The molecule has 0 aliphatic carbocycles. The molecule has 0 fully saturated rings. The number of rotatable bonds is 9. The second-order valence-electron chi connectivity index (χ2n) is 5.80. The standard InChI is InChI=1S/C16H25F2O4P/c1-12(2)7-5-8-13(3)9-6-10-14(4)11-15(19)16(17,18)23(20,21)22/h7,9,11H,5-6,8,10H2,1-4H3,(H2,20,21,22)/p-2. The van der Waals surface area contributed by atoms with E-state index in [9.17, 15) is 27.9 Å². The van der Waals surface area contributed by atoms with E-state index < -0.39 is 19.0 Å². The summed E-state index contributed by atoms with van der Waals surface area (Å²) in [5.74, 6) is -1.98. The van der Waals surface area contributed by atoms with E-state index in [-0.39, 0.29) is 0 Å². The Labute approximate surface area is 136 Å². The zero-order chi connectivity index (χ0) is 18.3. The highest BCUT2D eigenvalue weighted by atomic mass is 31.2. The van der Waals surface area contributed by atoms with Crippen LogP contribution < -0.4 is 9.79 Å². The number of hydrogen-bond donors (Lipinski definition) is 0. The highest BCUT2D eigenvalue weighted by Gasteiger charge is 2.41. The van der Waals surface area contributed by atoms with E-state index in [1.807, 2.05) is 26.8 Å². The molecule has 0 atom stereocenters. The van der Waals surface area contributed by atoms with Gasteiger partial charge in [-0.2, -0.15) is 8.78 Å². The molecular formula is C16H23F2O4P-2. The summed E-state index contributed by atoms with van der Waals surface area (Å²) in [5, 5.41) is 0. The highest BCUT2D eigenvalue weighted by Crippen LogP contribution is 2.46. The summed E-state index contributed by atoms with van der Waals surface area (Å²) < 4.78 is 36.5. The Balaban J connectivity index is 4.55. The van der Waals surface area contributed by atoms with Crippen molar-refractivity contribution in [2.45, 2.75) is 59.0 Å². The maximum atomic E-state index is 13.0. The molecule has 0 aromatic heterocycles. The number of ketones is 1. The molecule has 0 saturated carbocycles. The molecule has 0 rings (SSSR count). The number of allylic oxidation sites excluding steroid dienone is 6. The molecule has 0 unspecified atom stereocenters. The van der Waals surface area contributed by atoms with Crippen molar-refractivity contribution < 1.29 is 27.9 Å². The molecule has 0 radical (unpaired) electrons. The predicted molar refractivity (Wildman–Crippen MR) is 83.0 cm³/mol. The quantitative estimate of drug-likeness (QED) is 0.363. The van der Waals surface area contributed by atoms with Crippen molar-refractivity contribution in [3.05, 3.63) is 34.9 Å². The van der Waals surface area contributed by atoms with Gasteiger partial charge in [0.2, 0.25) is 5.78 Å². The average Bonchev–Trinajstić information content (AvgIpc) is 2.36. The van der Waals surface area contributed by atoms with Crippen LogP contribution in [-0.2, 0) is 9.36 Å². The van der Waals surface area contributed by atoms with E-state index in [1.165, 1.54) is 12.5 Å². The molecule has 0 spiro atoms. The van der Waals surface area contributed by atoms with Crippen LogP contribution in [0.5, 0.6) is 0 Å². The third kappa shape index (κ3) is 8.35. The van der Waals surface area contributed by atoms with Gasteiger partial charge in [-0.25, -0.2) is 0 Å². The minimum Gasteiger partial charge on any atom is -0.806 e. The summed E-state index contributed by atoms with van der Waals surface area (Å²) in [4.78, 5) is 32.0. The molecule has 4 nitrogen and oxygen atoms in total. The van der Waals surface area contributed by atoms with Gasteiger partial charge in [0, 0.05) is 7.60 Å². The third-order valence-electron chi connectivity index (χ3n) is 3.14. The van der Waals surface area contributed by atoms with Crippen LogP contribution in [0.2, 0.25) is 0 Å². The normalized spacial score (nSPS) is 13.9. The lowest BCUT2D eigenvalue weighted by Gasteiger charge is -2.35. The van der Waals surface area contributed by atoms with Gasteiger partial charge in [0.1, 0.15) is 0 Å². The van der Waals surface area contributed by atoms with Crippen molar-refractivity contribution in [2.75, 3.05) is 0 Å². The van der Waals surface area contributed by atoms with Gasteiger partial charge >= 0.3 is 5.66 Å². The minimum absolute atomic E-state index is 0.302. The van der Waals surface area contributed by atoms with Crippen molar-refractivity contribution in [1.82, 2.24) is 0 Å². The highest BCUT2D eigenvalue weighted by molar-refractivity contribution is 7.51. The number of halogens is 2. The Bertz CT molecular complexity index is 552. The van der Waals surface area contributed by atoms with Crippen LogP contribution in [0.25, 0.3) is 0 Å². The molecule has 0 aromatic rings. The SMILES string of the molecule is CC(C)=CCCC(C)=CCCC(C)=CC(=O)C(F)(F)P(=O)([O-])[O-]. The molecule has 0 aromatic carbocycles. The zero-order valence-corrected chi connectivity index (χ0v) is 14.8. The molecule has 0 N–H and O–H groups in total. The van der Waals surface area contributed by atoms with Gasteiger partial charge in [0.25, 0.3) is 0 Å². The first kappa shape index (κ1) is 21.9. The summed E-state index contributed by atoms with van der Waals surface area (Å²) in [7, 11) is -6.29. The smallest absolute Gasteiger partial charge is 0.332 e. The number of hydrogen-bond acceptors (Lipinski definition) is 4. The molecule has 0 saturated heterocycles. The third-order valence-corrected chi connectivity index (χ3v) is 4.05. The van der Waals surface area contributed by atoms with Gasteiger partial charge in [0.15, 0.2) is 0 Å². The van der Waals surface area contributed by atoms with E-state index in [0.717, 1.165) is 18.4 Å². The lowest BCUT2D eigenvalue weighted by Crippen LogP contribution is -2.37. The maximum Gasteiger partial charge on any atom is 0.332 e. The summed E-state index contributed by atoms with van der Waals surface area (Å²) in [6.45, 7) is 7.44. The molecule has 0 aliphatic heterocycles. The fourth-order valence-corrected chi connectivity index (χ4v) is 2.09. The lowest BCUT2D eigenvalue weighted by atomic mass is 10.1. The monoisotopic (exact) mass is 348 g/mol. The largest absolute Gasteiger partial charge is 0.806 e. The molecule has 0 bridgehead atoms. The van der Waals surface area contributed by atoms with Crippen LogP contribution >= 0.6 is 7.60 Å². The van der Waals surface area contributed by atoms with Gasteiger partial charge in [0.05, 0.1) is 0 Å². The predicted octanol–water partition coefficient (Wildman–Crippen LogP) is 3.48. The number of alkyl halides is 2. The Morgan fingerprint density at radius 3 is 1.96 bits per heavy atom. The second kappa shape index (κ2) is 9.26. The van der Waals surface area contributed by atoms with Crippen molar-refractivity contribution in [1.29, 1.82) is 0 Å². The van der Waals surface area contributed by atoms with E-state index in [1.54, 1.807) is 0 Å². The van der Waals surface area contributed by atoms with E-state index in [0.29, 0.717) is 24.5 Å². The summed E-state index contributed by atoms with van der Waals surface area (Å²) >= 11 is 0. The average molecular weight is 348 g/mol. The first-order valence-electron chi connectivity index (χ1n) is 7.28. The fraction of sp³-hybridized carbons (Fsp3) is 0.562. The van der Waals surface area contributed by atoms with Gasteiger partial charge in [-0.3, -0.25) is 4.79 Å². The van der Waals surface area contributed by atoms with Crippen LogP contribution in [0.1, 0.15) is 53.4 Å².